The second-order valence-electron chi connectivity index (χ2n) is 6.46. The fourth-order valence-corrected chi connectivity index (χ4v) is 3.64. The highest BCUT2D eigenvalue weighted by Crippen LogP contribution is 2.29. The molecule has 1 aromatic rings. The van der Waals surface area contributed by atoms with Crippen molar-refractivity contribution in [3.05, 3.63) is 24.3 Å². The van der Waals surface area contributed by atoms with Crippen LogP contribution in [0.2, 0.25) is 0 Å². The molecule has 2 saturated heterocycles. The molecular weight excluding hydrogens is 278 g/mol. The van der Waals surface area contributed by atoms with E-state index in [1.807, 2.05) is 24.3 Å². The molecule has 1 amide bonds. The lowest BCUT2D eigenvalue weighted by atomic mass is 9.98. The zero-order valence-corrected chi connectivity index (χ0v) is 13.3. The van der Waals surface area contributed by atoms with Crippen LogP contribution >= 0.6 is 0 Å². The van der Waals surface area contributed by atoms with E-state index in [1.165, 1.54) is 12.8 Å². The van der Waals surface area contributed by atoms with Crippen LogP contribution < -0.4 is 15.4 Å². The maximum Gasteiger partial charge on any atom is 0.238 e. The molecule has 2 aliphatic rings. The third-order valence-electron chi connectivity index (χ3n) is 4.82. The number of anilines is 1. The van der Waals surface area contributed by atoms with Crippen molar-refractivity contribution in [2.75, 3.05) is 26.0 Å². The molecule has 5 heteroatoms. The first-order valence-electron chi connectivity index (χ1n) is 8.04. The molecule has 3 rings (SSSR count). The minimum absolute atomic E-state index is 0.0293. The number of hydrogen-bond acceptors (Lipinski definition) is 4. The van der Waals surface area contributed by atoms with Crippen LogP contribution in [0.15, 0.2) is 24.3 Å². The summed E-state index contributed by atoms with van der Waals surface area (Å²) in [6.45, 7) is 0.432. The topological polar surface area (TPSA) is 53.6 Å². The molecule has 0 saturated carbocycles. The first-order valence-corrected chi connectivity index (χ1v) is 8.04. The van der Waals surface area contributed by atoms with Gasteiger partial charge < -0.3 is 15.4 Å². The highest BCUT2D eigenvalue weighted by molar-refractivity contribution is 5.92. The van der Waals surface area contributed by atoms with E-state index in [-0.39, 0.29) is 5.91 Å². The molecule has 0 radical (unpaired) electrons. The van der Waals surface area contributed by atoms with Crippen LogP contribution in [0.4, 0.5) is 5.69 Å². The summed E-state index contributed by atoms with van der Waals surface area (Å²) in [7, 11) is 3.68. The van der Waals surface area contributed by atoms with Crippen molar-refractivity contribution in [2.45, 2.75) is 43.8 Å². The van der Waals surface area contributed by atoms with Gasteiger partial charge in [-0.3, -0.25) is 9.69 Å². The summed E-state index contributed by atoms with van der Waals surface area (Å²) in [5.41, 5.74) is 0.781. The number of methoxy groups -OCH3 is 1. The van der Waals surface area contributed by atoms with Crippen LogP contribution in [-0.4, -0.2) is 49.6 Å². The molecule has 2 fully saturated rings. The van der Waals surface area contributed by atoms with Crippen LogP contribution in [-0.2, 0) is 4.79 Å². The van der Waals surface area contributed by atoms with Gasteiger partial charge in [0.2, 0.25) is 5.91 Å². The first-order chi connectivity index (χ1) is 10.6. The van der Waals surface area contributed by atoms with Crippen LogP contribution in [0.25, 0.3) is 0 Å². The second kappa shape index (κ2) is 6.67. The van der Waals surface area contributed by atoms with Crippen LogP contribution in [0.1, 0.15) is 25.7 Å². The van der Waals surface area contributed by atoms with Crippen molar-refractivity contribution < 1.29 is 9.53 Å². The molecule has 120 valence electrons. The number of carbonyl (C=O) groups excluding carboxylic acids is 1. The molecule has 2 aliphatic heterocycles. The van der Waals surface area contributed by atoms with Crippen LogP contribution in [0.5, 0.6) is 5.75 Å². The molecule has 2 atom stereocenters. The number of likely N-dealkylation sites (N-methyl/N-ethyl adjacent to an activating group) is 1. The summed E-state index contributed by atoms with van der Waals surface area (Å²) >= 11 is 0. The smallest absolute Gasteiger partial charge is 0.238 e. The SMILES string of the molecule is COc1cccc(NC(=O)CN(C)C2CC3CCC(C2)N3)c1. The van der Waals surface area contributed by atoms with Gasteiger partial charge in [0.15, 0.2) is 0 Å². The minimum atomic E-state index is 0.0293. The number of fused-ring (bicyclic) bond motifs is 2. The summed E-state index contributed by atoms with van der Waals surface area (Å²) in [4.78, 5) is 14.4. The Morgan fingerprint density at radius 1 is 1.36 bits per heavy atom. The Labute approximate surface area is 132 Å². The number of hydrogen-bond donors (Lipinski definition) is 2. The Kier molecular flexibility index (Phi) is 4.64. The Bertz CT molecular complexity index is 522. The van der Waals surface area contributed by atoms with Gasteiger partial charge in [-0.15, -0.1) is 0 Å². The molecular formula is C17H25N3O2. The molecule has 2 heterocycles. The van der Waals surface area contributed by atoms with E-state index in [0.29, 0.717) is 24.7 Å². The van der Waals surface area contributed by atoms with Gasteiger partial charge in [-0.1, -0.05) is 6.07 Å². The van der Waals surface area contributed by atoms with Gasteiger partial charge in [0.05, 0.1) is 13.7 Å². The summed E-state index contributed by atoms with van der Waals surface area (Å²) in [6.07, 6.45) is 4.87. The molecule has 2 unspecified atom stereocenters. The van der Waals surface area contributed by atoms with Crippen molar-refractivity contribution in [3.8, 4) is 5.75 Å². The van der Waals surface area contributed by atoms with E-state index in [9.17, 15) is 4.79 Å². The van der Waals surface area contributed by atoms with Crippen molar-refractivity contribution >= 4 is 11.6 Å². The number of rotatable bonds is 5. The fraction of sp³-hybridized carbons (Fsp3) is 0.588. The predicted molar refractivity (Wildman–Crippen MR) is 87.2 cm³/mol. The van der Waals surface area contributed by atoms with Crippen LogP contribution in [0, 0.1) is 0 Å². The zero-order chi connectivity index (χ0) is 15.5. The average Bonchev–Trinajstić information content (AvgIpc) is 2.85. The lowest BCUT2D eigenvalue weighted by Gasteiger charge is -2.35. The van der Waals surface area contributed by atoms with E-state index in [0.717, 1.165) is 24.3 Å². The Morgan fingerprint density at radius 3 is 2.77 bits per heavy atom. The van der Waals surface area contributed by atoms with E-state index in [1.54, 1.807) is 7.11 Å². The number of amides is 1. The van der Waals surface area contributed by atoms with Gasteiger partial charge in [-0.25, -0.2) is 0 Å². The summed E-state index contributed by atoms with van der Waals surface area (Å²) in [5.74, 6) is 0.780. The number of benzene rings is 1. The molecule has 5 nitrogen and oxygen atoms in total. The number of piperidine rings is 1. The highest BCUT2D eigenvalue weighted by atomic mass is 16.5. The van der Waals surface area contributed by atoms with Crippen molar-refractivity contribution in [1.82, 2.24) is 10.2 Å². The largest absolute Gasteiger partial charge is 0.497 e. The number of carbonyl (C=O) groups is 1. The fourth-order valence-electron chi connectivity index (χ4n) is 3.64. The molecule has 22 heavy (non-hydrogen) atoms. The van der Waals surface area contributed by atoms with Gasteiger partial charge in [0, 0.05) is 29.9 Å². The van der Waals surface area contributed by atoms with Gasteiger partial charge >= 0.3 is 0 Å². The summed E-state index contributed by atoms with van der Waals surface area (Å²) in [5, 5.41) is 6.59. The molecule has 0 aliphatic carbocycles. The lowest BCUT2D eigenvalue weighted by Crippen LogP contribution is -2.48. The number of ether oxygens (including phenoxy) is 1. The van der Waals surface area contributed by atoms with Gasteiger partial charge in [-0.2, -0.15) is 0 Å². The van der Waals surface area contributed by atoms with Crippen molar-refractivity contribution in [1.29, 1.82) is 0 Å². The Hall–Kier alpha value is -1.59. The quantitative estimate of drug-likeness (QED) is 0.871. The molecule has 1 aromatic carbocycles. The van der Waals surface area contributed by atoms with E-state index in [2.05, 4.69) is 22.6 Å². The third kappa shape index (κ3) is 3.59. The predicted octanol–water partition coefficient (Wildman–Crippen LogP) is 1.85. The lowest BCUT2D eigenvalue weighted by molar-refractivity contribution is -0.117. The molecule has 2 bridgehead atoms. The summed E-state index contributed by atoms with van der Waals surface area (Å²) < 4.78 is 5.17. The standard InChI is InChI=1S/C17H25N3O2/c1-20(15-8-13-6-7-14(9-15)18-13)11-17(21)19-12-4-3-5-16(10-12)22-2/h3-5,10,13-15,18H,6-9,11H2,1-2H3,(H,19,21). The highest BCUT2D eigenvalue weighted by Gasteiger charge is 2.35. The van der Waals surface area contributed by atoms with Gasteiger partial charge in [-0.05, 0) is 44.9 Å². The Morgan fingerprint density at radius 2 is 2.09 bits per heavy atom. The first kappa shape index (κ1) is 15.3. The van der Waals surface area contributed by atoms with Gasteiger partial charge in [0.25, 0.3) is 0 Å². The maximum absolute atomic E-state index is 12.2. The monoisotopic (exact) mass is 303 g/mol. The van der Waals surface area contributed by atoms with E-state index >= 15 is 0 Å². The van der Waals surface area contributed by atoms with Crippen LogP contribution in [0.3, 0.4) is 0 Å². The second-order valence-corrected chi connectivity index (χ2v) is 6.46. The maximum atomic E-state index is 12.2. The van der Waals surface area contributed by atoms with Crippen molar-refractivity contribution in [2.24, 2.45) is 0 Å². The zero-order valence-electron chi connectivity index (χ0n) is 13.3. The molecule has 2 N–H and O–H groups in total. The number of nitrogens with one attached hydrogen (secondary N) is 2. The summed E-state index contributed by atoms with van der Waals surface area (Å²) in [6, 6.07) is 9.26. The van der Waals surface area contributed by atoms with Crippen molar-refractivity contribution in [3.63, 3.8) is 0 Å². The minimum Gasteiger partial charge on any atom is -0.497 e. The molecule has 0 spiro atoms. The van der Waals surface area contributed by atoms with E-state index in [4.69, 9.17) is 4.74 Å². The normalized spacial score (nSPS) is 27.0. The number of nitrogens with zero attached hydrogens (tertiary/aromatic N) is 1. The van der Waals surface area contributed by atoms with E-state index < -0.39 is 0 Å². The third-order valence-corrected chi connectivity index (χ3v) is 4.82. The molecule has 0 aromatic heterocycles. The van der Waals surface area contributed by atoms with Gasteiger partial charge in [0.1, 0.15) is 5.75 Å². The Balaban J connectivity index is 1.52. The average molecular weight is 303 g/mol.